The molecule has 0 spiro atoms. The first-order valence-corrected chi connectivity index (χ1v) is 16.8. The van der Waals surface area contributed by atoms with Gasteiger partial charge in [0.05, 0.1) is 12.7 Å². The van der Waals surface area contributed by atoms with E-state index in [0.29, 0.717) is 19.4 Å². The summed E-state index contributed by atoms with van der Waals surface area (Å²) in [5, 5.41) is 49.7. The Morgan fingerprint density at radius 1 is 0.745 bits per heavy atom. The Hall–Kier alpha value is -4.43. The molecule has 0 heterocycles. The maximum atomic E-state index is 13.0. The molecule has 0 saturated heterocycles. The lowest BCUT2D eigenvalue weighted by molar-refractivity contribution is -0.135. The Balaban J connectivity index is 2.02. The topological polar surface area (TPSA) is 304 Å². The molecule has 0 aliphatic rings. The molecule has 0 aromatic heterocycles. The highest BCUT2D eigenvalue weighted by Gasteiger charge is 2.33. The molecule has 0 aliphatic heterocycles. The summed E-state index contributed by atoms with van der Waals surface area (Å²) in [4.78, 5) is 64.3. The van der Waals surface area contributed by atoms with Crippen molar-refractivity contribution < 1.29 is 44.2 Å². The number of benzene rings is 2. The third kappa shape index (κ3) is 14.0. The molecule has 2 aromatic rings. The van der Waals surface area contributed by atoms with Crippen LogP contribution in [0.1, 0.15) is 61.9 Å². The van der Waals surface area contributed by atoms with Gasteiger partial charge in [-0.2, -0.15) is 0 Å². The van der Waals surface area contributed by atoms with E-state index >= 15 is 0 Å². The van der Waals surface area contributed by atoms with Crippen molar-refractivity contribution in [3.8, 4) is 11.1 Å². The lowest BCUT2D eigenvalue weighted by atomic mass is 9.86. The van der Waals surface area contributed by atoms with Gasteiger partial charge in [0.1, 0.15) is 24.2 Å². The van der Waals surface area contributed by atoms with Crippen LogP contribution >= 0.6 is 0 Å². The number of hydrogen-bond donors (Lipinski definition) is 12. The molecule has 5 amide bonds. The summed E-state index contributed by atoms with van der Waals surface area (Å²) in [6.07, 6.45) is 0.886. The Kier molecular flexibility index (Phi) is 18.2. The normalized spacial score (nSPS) is 14.5. The molecule has 0 aliphatic carbocycles. The van der Waals surface area contributed by atoms with E-state index in [2.05, 4.69) is 45.6 Å². The number of unbranched alkanes of at least 4 members (excludes halogenated alkanes) is 2. The van der Waals surface area contributed by atoms with Gasteiger partial charge in [0.25, 0.3) is 11.8 Å². The number of aliphatic hydroxyl groups excluding tert-OH is 2. The summed E-state index contributed by atoms with van der Waals surface area (Å²) in [6, 6.07) is 8.78. The average Bonchev–Trinajstić information content (AvgIpc) is 3.11. The molecule has 0 fully saturated rings. The van der Waals surface area contributed by atoms with E-state index in [1.807, 2.05) is 12.1 Å². The van der Waals surface area contributed by atoms with E-state index < -0.39 is 79.7 Å². The van der Waals surface area contributed by atoms with E-state index in [1.165, 1.54) is 12.5 Å². The number of nitrogens with one attached hydrogen (secondary N) is 5. The van der Waals surface area contributed by atoms with E-state index in [-0.39, 0.29) is 12.0 Å². The standard InChI is InChI=1S/C33H51BN8O9/c1-3-4-7-20-9-11-21(12-10-20)22-13-15-23(16-14-22)28(45)39-25(18-43)30(47)40-26(19(2)44)31(48)41-27(36)32(49)38-24(8-5-6-17-35)29(46)42-33(37)34(50)51/h9-16,19,24-27,33,43-44,50-51H,3-8,17-18,35-37H2,1-2H3,(H,38,49)(H,39,45)(H,40,47)(H,41,48)(H,42,46)/t19-,24?,25+,26+,27-,33-/m1/s1. The number of aliphatic hydroxyl groups is 2. The third-order valence-corrected chi connectivity index (χ3v) is 7.91. The van der Waals surface area contributed by atoms with Crippen molar-refractivity contribution in [2.24, 2.45) is 17.2 Å². The van der Waals surface area contributed by atoms with Crippen LogP contribution in [0, 0.1) is 0 Å². The van der Waals surface area contributed by atoms with Crippen LogP contribution in [-0.2, 0) is 25.6 Å². The van der Waals surface area contributed by atoms with Crippen molar-refractivity contribution >= 4 is 36.7 Å². The van der Waals surface area contributed by atoms with E-state index in [4.69, 9.17) is 27.2 Å². The summed E-state index contributed by atoms with van der Waals surface area (Å²) < 4.78 is 0. The van der Waals surface area contributed by atoms with Crippen molar-refractivity contribution in [3.63, 3.8) is 0 Å². The fourth-order valence-corrected chi connectivity index (χ4v) is 4.82. The summed E-state index contributed by atoms with van der Waals surface area (Å²) in [7, 11) is -2.07. The Morgan fingerprint density at radius 3 is 1.86 bits per heavy atom. The van der Waals surface area contributed by atoms with Crippen molar-refractivity contribution in [3.05, 3.63) is 59.7 Å². The SMILES string of the molecule is CCCCc1ccc(-c2ccc(C(=O)N[C@@H](CO)C(=O)N[C@H](C(=O)N[C@@H](N)C(=O)NC(CCCCN)C(=O)N[C@@H](N)B(O)O)[C@@H](C)O)cc2)cc1. The fraction of sp³-hybridized carbons (Fsp3) is 0.485. The lowest BCUT2D eigenvalue weighted by Crippen LogP contribution is -2.63. The zero-order valence-electron chi connectivity index (χ0n) is 28.9. The molecular weight excluding hydrogens is 663 g/mol. The van der Waals surface area contributed by atoms with Crippen LogP contribution in [0.2, 0.25) is 0 Å². The van der Waals surface area contributed by atoms with E-state index in [0.717, 1.165) is 30.4 Å². The highest BCUT2D eigenvalue weighted by molar-refractivity contribution is 6.43. The van der Waals surface area contributed by atoms with Crippen molar-refractivity contribution in [1.82, 2.24) is 26.6 Å². The number of carbonyl (C=O) groups is 5. The molecule has 280 valence electrons. The maximum Gasteiger partial charge on any atom is 0.490 e. The van der Waals surface area contributed by atoms with Crippen LogP contribution in [0.25, 0.3) is 11.1 Å². The van der Waals surface area contributed by atoms with Crippen LogP contribution < -0.4 is 43.8 Å². The molecule has 0 saturated carbocycles. The summed E-state index contributed by atoms with van der Waals surface area (Å²) in [5.74, 6) is -4.66. The van der Waals surface area contributed by atoms with Crippen LogP contribution in [0.15, 0.2) is 48.5 Å². The van der Waals surface area contributed by atoms with Gasteiger partial charge in [0.15, 0.2) is 6.17 Å². The van der Waals surface area contributed by atoms with Gasteiger partial charge in [-0.3, -0.25) is 24.0 Å². The minimum Gasteiger partial charge on any atom is -0.425 e. The van der Waals surface area contributed by atoms with Gasteiger partial charge in [0.2, 0.25) is 17.7 Å². The molecular formula is C33H51BN8O9. The average molecular weight is 715 g/mol. The zero-order chi connectivity index (χ0) is 38.1. The Labute approximate surface area is 297 Å². The molecule has 17 nitrogen and oxygen atoms in total. The van der Waals surface area contributed by atoms with Gasteiger partial charge >= 0.3 is 7.12 Å². The van der Waals surface area contributed by atoms with Crippen LogP contribution in [0.5, 0.6) is 0 Å². The fourth-order valence-electron chi connectivity index (χ4n) is 4.82. The number of rotatable bonds is 21. The smallest absolute Gasteiger partial charge is 0.425 e. The number of amides is 5. The molecule has 0 bridgehead atoms. The number of aryl methyl sites for hydroxylation is 1. The maximum absolute atomic E-state index is 13.0. The van der Waals surface area contributed by atoms with Crippen LogP contribution in [0.3, 0.4) is 0 Å². The van der Waals surface area contributed by atoms with Gasteiger partial charge in [-0.05, 0) is 74.4 Å². The predicted octanol–water partition coefficient (Wildman–Crippen LogP) is -2.92. The second-order valence-corrected chi connectivity index (χ2v) is 12.1. The first-order chi connectivity index (χ1) is 24.2. The van der Waals surface area contributed by atoms with E-state index in [1.54, 1.807) is 24.3 Å². The molecule has 15 N–H and O–H groups in total. The second-order valence-electron chi connectivity index (χ2n) is 12.1. The first kappa shape index (κ1) is 42.7. The first-order valence-electron chi connectivity index (χ1n) is 16.8. The zero-order valence-corrected chi connectivity index (χ0v) is 28.9. The highest BCUT2D eigenvalue weighted by atomic mass is 16.4. The molecule has 2 aromatic carbocycles. The van der Waals surface area contributed by atoms with Crippen LogP contribution in [0.4, 0.5) is 0 Å². The molecule has 2 rings (SSSR count). The molecule has 1 unspecified atom stereocenters. The molecule has 0 radical (unpaired) electrons. The quantitative estimate of drug-likeness (QED) is 0.0352. The number of carbonyl (C=O) groups excluding carboxylic acids is 5. The van der Waals surface area contributed by atoms with Gasteiger partial charge in [-0.25, -0.2) is 0 Å². The minimum absolute atomic E-state index is 0.0709. The Morgan fingerprint density at radius 2 is 1.33 bits per heavy atom. The summed E-state index contributed by atoms with van der Waals surface area (Å²) in [6.45, 7) is 2.78. The number of hydrogen-bond acceptors (Lipinski definition) is 12. The van der Waals surface area contributed by atoms with Gasteiger partial charge in [-0.15, -0.1) is 0 Å². The minimum atomic E-state index is -2.07. The molecule has 6 atom stereocenters. The van der Waals surface area contributed by atoms with Crippen LogP contribution in [-0.4, -0.2) is 107 Å². The summed E-state index contributed by atoms with van der Waals surface area (Å²) >= 11 is 0. The molecule has 51 heavy (non-hydrogen) atoms. The largest absolute Gasteiger partial charge is 0.490 e. The monoisotopic (exact) mass is 714 g/mol. The predicted molar refractivity (Wildman–Crippen MR) is 190 cm³/mol. The second kappa shape index (κ2) is 21.7. The van der Waals surface area contributed by atoms with E-state index in [9.17, 15) is 34.2 Å². The van der Waals surface area contributed by atoms with Gasteiger partial charge < -0.3 is 64.0 Å². The summed E-state index contributed by atoms with van der Waals surface area (Å²) in [5.41, 5.74) is 20.1. The van der Waals surface area contributed by atoms with Crippen molar-refractivity contribution in [2.45, 2.75) is 88.8 Å². The van der Waals surface area contributed by atoms with Crippen molar-refractivity contribution in [2.75, 3.05) is 13.2 Å². The van der Waals surface area contributed by atoms with Crippen molar-refractivity contribution in [1.29, 1.82) is 0 Å². The van der Waals surface area contributed by atoms with Gasteiger partial charge in [-0.1, -0.05) is 49.7 Å². The number of nitrogens with two attached hydrogens (primary N) is 3. The molecule has 18 heteroatoms. The van der Waals surface area contributed by atoms with Gasteiger partial charge in [0, 0.05) is 5.56 Å². The lowest BCUT2D eigenvalue weighted by Gasteiger charge is -2.26. The third-order valence-electron chi connectivity index (χ3n) is 7.91. The highest BCUT2D eigenvalue weighted by Crippen LogP contribution is 2.21. The Bertz CT molecular complexity index is 1430.